The summed E-state index contributed by atoms with van der Waals surface area (Å²) in [6.45, 7) is 2.15. The Hall–Kier alpha value is -1.18. The SMILES string of the molecule is COC(=O)CCCCCC[C@@H]1[C@@H](CO)[C@H](OC2CCCCO2)C[C@H]1OC(C)=O. The second-order valence-electron chi connectivity index (χ2n) is 7.89. The third-order valence-corrected chi connectivity index (χ3v) is 5.86. The van der Waals surface area contributed by atoms with Crippen LogP contribution in [0.3, 0.4) is 0 Å². The van der Waals surface area contributed by atoms with Crippen LogP contribution in [0.2, 0.25) is 0 Å². The zero-order chi connectivity index (χ0) is 20.4. The molecule has 1 aliphatic heterocycles. The second kappa shape index (κ2) is 12.4. The molecule has 5 atom stereocenters. The number of carbonyl (C=O) groups is 2. The third-order valence-electron chi connectivity index (χ3n) is 5.86. The summed E-state index contributed by atoms with van der Waals surface area (Å²) in [6.07, 6.45) is 8.09. The summed E-state index contributed by atoms with van der Waals surface area (Å²) in [7, 11) is 1.41. The molecule has 1 saturated carbocycles. The largest absolute Gasteiger partial charge is 0.469 e. The molecular weight excluding hydrogens is 364 g/mol. The molecule has 1 saturated heterocycles. The van der Waals surface area contributed by atoms with E-state index in [9.17, 15) is 14.7 Å². The Bertz CT molecular complexity index is 475. The molecule has 2 rings (SSSR count). The number of hydrogen-bond donors (Lipinski definition) is 1. The second-order valence-corrected chi connectivity index (χ2v) is 7.89. The lowest BCUT2D eigenvalue weighted by molar-refractivity contribution is -0.198. The first-order chi connectivity index (χ1) is 13.5. The zero-order valence-corrected chi connectivity index (χ0v) is 17.3. The number of ether oxygens (including phenoxy) is 4. The summed E-state index contributed by atoms with van der Waals surface area (Å²) in [5, 5.41) is 10.0. The van der Waals surface area contributed by atoms with Gasteiger partial charge >= 0.3 is 11.9 Å². The van der Waals surface area contributed by atoms with Crippen LogP contribution in [0, 0.1) is 11.8 Å². The molecule has 162 valence electrons. The smallest absolute Gasteiger partial charge is 0.305 e. The van der Waals surface area contributed by atoms with Gasteiger partial charge in [-0.3, -0.25) is 9.59 Å². The molecule has 0 aromatic carbocycles. The fraction of sp³-hybridized carbons (Fsp3) is 0.905. The standard InChI is InChI=1S/C21H36O7/c1-15(23)27-18-13-19(28-21-11-7-8-12-26-21)17(14-22)16(18)9-5-3-4-6-10-20(24)25-2/h16-19,21-22H,3-14H2,1-2H3/t16-,17-,18-,19-,21?/m1/s1. The van der Waals surface area contributed by atoms with E-state index in [4.69, 9.17) is 14.2 Å². The average Bonchev–Trinajstić information content (AvgIpc) is 3.00. The Morgan fingerprint density at radius 1 is 1.07 bits per heavy atom. The van der Waals surface area contributed by atoms with E-state index in [-0.39, 0.29) is 48.9 Å². The highest BCUT2D eigenvalue weighted by Crippen LogP contribution is 2.40. The van der Waals surface area contributed by atoms with Crippen molar-refractivity contribution in [3.63, 3.8) is 0 Å². The van der Waals surface area contributed by atoms with Gasteiger partial charge < -0.3 is 24.1 Å². The third kappa shape index (κ3) is 7.33. The molecule has 28 heavy (non-hydrogen) atoms. The molecule has 7 heteroatoms. The Morgan fingerprint density at radius 2 is 1.86 bits per heavy atom. The number of aliphatic hydroxyl groups excluding tert-OH is 1. The van der Waals surface area contributed by atoms with E-state index >= 15 is 0 Å². The van der Waals surface area contributed by atoms with E-state index in [1.54, 1.807) is 0 Å². The van der Waals surface area contributed by atoms with E-state index in [1.807, 2.05) is 0 Å². The number of aliphatic hydroxyl groups is 1. The normalized spacial score (nSPS) is 30.2. The van der Waals surface area contributed by atoms with Crippen LogP contribution < -0.4 is 0 Å². The predicted molar refractivity (Wildman–Crippen MR) is 102 cm³/mol. The van der Waals surface area contributed by atoms with Crippen LogP contribution >= 0.6 is 0 Å². The zero-order valence-electron chi connectivity index (χ0n) is 17.3. The fourth-order valence-electron chi connectivity index (χ4n) is 4.41. The number of rotatable bonds is 11. The molecule has 0 aromatic heterocycles. The van der Waals surface area contributed by atoms with Gasteiger partial charge in [0.15, 0.2) is 6.29 Å². The lowest BCUT2D eigenvalue weighted by atomic mass is 9.89. The Morgan fingerprint density at radius 3 is 2.50 bits per heavy atom. The van der Waals surface area contributed by atoms with E-state index < -0.39 is 0 Å². The van der Waals surface area contributed by atoms with Crippen LogP contribution in [0.25, 0.3) is 0 Å². The van der Waals surface area contributed by atoms with Crippen molar-refractivity contribution < 1.29 is 33.6 Å². The van der Waals surface area contributed by atoms with Crippen molar-refractivity contribution in [1.82, 2.24) is 0 Å². The fourth-order valence-corrected chi connectivity index (χ4v) is 4.41. The summed E-state index contributed by atoms with van der Waals surface area (Å²) in [4.78, 5) is 22.7. The first-order valence-corrected chi connectivity index (χ1v) is 10.7. The van der Waals surface area contributed by atoms with Crippen LogP contribution in [0.15, 0.2) is 0 Å². The topological polar surface area (TPSA) is 91.3 Å². The highest BCUT2D eigenvalue weighted by molar-refractivity contribution is 5.69. The number of unbranched alkanes of at least 4 members (excludes halogenated alkanes) is 3. The van der Waals surface area contributed by atoms with E-state index in [1.165, 1.54) is 14.0 Å². The molecule has 0 bridgehead atoms. The molecule has 1 N–H and O–H groups in total. The van der Waals surface area contributed by atoms with Crippen molar-refractivity contribution in [2.24, 2.45) is 11.8 Å². The van der Waals surface area contributed by atoms with Crippen LogP contribution in [-0.2, 0) is 28.5 Å². The molecule has 0 radical (unpaired) electrons. The van der Waals surface area contributed by atoms with Gasteiger partial charge in [-0.1, -0.05) is 19.3 Å². The lowest BCUT2D eigenvalue weighted by Crippen LogP contribution is -2.33. The van der Waals surface area contributed by atoms with Crippen molar-refractivity contribution in [2.45, 2.75) is 89.6 Å². The van der Waals surface area contributed by atoms with E-state index in [2.05, 4.69) is 4.74 Å². The highest BCUT2D eigenvalue weighted by Gasteiger charge is 2.45. The minimum atomic E-state index is -0.292. The van der Waals surface area contributed by atoms with Gasteiger partial charge in [-0.15, -0.1) is 0 Å². The molecular formula is C21H36O7. The summed E-state index contributed by atoms with van der Waals surface area (Å²) in [5.74, 6) is -0.427. The Kier molecular flexibility index (Phi) is 10.2. The van der Waals surface area contributed by atoms with Gasteiger partial charge in [-0.25, -0.2) is 0 Å². The molecule has 0 aromatic rings. The summed E-state index contributed by atoms with van der Waals surface area (Å²) in [6, 6.07) is 0. The van der Waals surface area contributed by atoms with E-state index in [0.717, 1.165) is 51.4 Å². The number of methoxy groups -OCH3 is 1. The van der Waals surface area contributed by atoms with Gasteiger partial charge in [0.2, 0.25) is 0 Å². The van der Waals surface area contributed by atoms with Gasteiger partial charge in [0, 0.05) is 44.8 Å². The maximum Gasteiger partial charge on any atom is 0.305 e. The quantitative estimate of drug-likeness (QED) is 0.421. The molecule has 2 fully saturated rings. The molecule has 1 unspecified atom stereocenters. The lowest BCUT2D eigenvalue weighted by Gasteiger charge is -2.29. The summed E-state index contributed by atoms with van der Waals surface area (Å²) < 4.78 is 22.1. The summed E-state index contributed by atoms with van der Waals surface area (Å²) in [5.41, 5.74) is 0. The minimum absolute atomic E-state index is 0.0160. The van der Waals surface area contributed by atoms with Gasteiger partial charge in [0.1, 0.15) is 6.10 Å². The van der Waals surface area contributed by atoms with Crippen LogP contribution in [0.1, 0.15) is 71.1 Å². The van der Waals surface area contributed by atoms with Crippen molar-refractivity contribution in [1.29, 1.82) is 0 Å². The monoisotopic (exact) mass is 400 g/mol. The molecule has 1 aliphatic carbocycles. The molecule has 0 amide bonds. The maximum atomic E-state index is 11.6. The number of hydrogen-bond acceptors (Lipinski definition) is 7. The van der Waals surface area contributed by atoms with Crippen molar-refractivity contribution in [2.75, 3.05) is 20.3 Å². The predicted octanol–water partition coefficient (Wildman–Crippen LogP) is 2.97. The minimum Gasteiger partial charge on any atom is -0.469 e. The van der Waals surface area contributed by atoms with Gasteiger partial charge in [-0.05, 0) is 32.1 Å². The average molecular weight is 401 g/mol. The van der Waals surface area contributed by atoms with Crippen LogP contribution in [-0.4, -0.2) is 55.9 Å². The van der Waals surface area contributed by atoms with Crippen LogP contribution in [0.4, 0.5) is 0 Å². The Balaban J connectivity index is 1.84. The molecule has 7 nitrogen and oxygen atoms in total. The first kappa shape index (κ1) is 23.1. The Labute approximate surface area is 168 Å². The molecule has 0 spiro atoms. The van der Waals surface area contributed by atoms with Crippen molar-refractivity contribution in [3.8, 4) is 0 Å². The van der Waals surface area contributed by atoms with Crippen molar-refractivity contribution in [3.05, 3.63) is 0 Å². The highest BCUT2D eigenvalue weighted by atomic mass is 16.7. The number of esters is 2. The number of carbonyl (C=O) groups excluding carboxylic acids is 2. The molecule has 2 aliphatic rings. The van der Waals surface area contributed by atoms with Crippen LogP contribution in [0.5, 0.6) is 0 Å². The maximum absolute atomic E-state index is 11.6. The van der Waals surface area contributed by atoms with Gasteiger partial charge in [0.25, 0.3) is 0 Å². The molecule has 1 heterocycles. The summed E-state index contributed by atoms with van der Waals surface area (Å²) >= 11 is 0. The van der Waals surface area contributed by atoms with Gasteiger partial charge in [-0.2, -0.15) is 0 Å². The van der Waals surface area contributed by atoms with E-state index in [0.29, 0.717) is 19.4 Å². The van der Waals surface area contributed by atoms with Gasteiger partial charge in [0.05, 0.1) is 13.2 Å². The first-order valence-electron chi connectivity index (χ1n) is 10.7. The van der Waals surface area contributed by atoms with Crippen molar-refractivity contribution >= 4 is 11.9 Å².